The molecule has 0 radical (unpaired) electrons. The molecule has 2 rings (SSSR count). The number of hydrogen-bond acceptors (Lipinski definition) is 4. The van der Waals surface area contributed by atoms with Crippen LogP contribution in [-0.4, -0.2) is 53.8 Å². The second kappa shape index (κ2) is 7.50. The van der Waals surface area contributed by atoms with E-state index in [4.69, 9.17) is 4.74 Å². The lowest BCUT2D eigenvalue weighted by Crippen LogP contribution is -2.37. The first kappa shape index (κ1) is 14.3. The van der Waals surface area contributed by atoms with Gasteiger partial charge in [0.1, 0.15) is 0 Å². The first-order valence-corrected chi connectivity index (χ1v) is 7.37. The Kier molecular flexibility index (Phi) is 5.66. The van der Waals surface area contributed by atoms with Crippen molar-refractivity contribution in [2.24, 2.45) is 0 Å². The number of hydrogen-bond donors (Lipinski definition) is 1. The zero-order chi connectivity index (χ0) is 13.5. The van der Waals surface area contributed by atoms with E-state index in [1.54, 1.807) is 0 Å². The molecule has 0 spiro atoms. The fourth-order valence-electron chi connectivity index (χ4n) is 2.43. The predicted octanol–water partition coefficient (Wildman–Crippen LogP) is 1.74. The van der Waals surface area contributed by atoms with Gasteiger partial charge >= 0.3 is 0 Å². The number of morpholine rings is 1. The van der Waals surface area contributed by atoms with E-state index in [-0.39, 0.29) is 0 Å². The maximum atomic E-state index is 5.35. The van der Waals surface area contributed by atoms with Gasteiger partial charge in [-0.15, -0.1) is 0 Å². The molecular formula is C14H26N4O. The van der Waals surface area contributed by atoms with E-state index < -0.39 is 0 Å². The fraction of sp³-hybridized carbons (Fsp3) is 0.786. The maximum absolute atomic E-state index is 5.35. The summed E-state index contributed by atoms with van der Waals surface area (Å²) in [7, 11) is 0. The summed E-state index contributed by atoms with van der Waals surface area (Å²) >= 11 is 0. The fourth-order valence-corrected chi connectivity index (χ4v) is 2.43. The molecule has 0 aliphatic carbocycles. The van der Waals surface area contributed by atoms with Gasteiger partial charge in [0.25, 0.3) is 0 Å². The topological polar surface area (TPSA) is 42.3 Å². The Morgan fingerprint density at radius 1 is 1.32 bits per heavy atom. The minimum absolute atomic E-state index is 0.882. The van der Waals surface area contributed by atoms with Gasteiger partial charge in [-0.05, 0) is 26.3 Å². The third-order valence-electron chi connectivity index (χ3n) is 3.40. The van der Waals surface area contributed by atoms with Crippen LogP contribution in [-0.2, 0) is 11.3 Å². The Labute approximate surface area is 116 Å². The van der Waals surface area contributed by atoms with Gasteiger partial charge in [-0.2, -0.15) is 0 Å². The smallest absolute Gasteiger partial charge is 0.203 e. The number of ether oxygens (including phenoxy) is 1. The molecular weight excluding hydrogens is 240 g/mol. The molecule has 1 N–H and O–H groups in total. The van der Waals surface area contributed by atoms with Crippen molar-refractivity contribution in [3.8, 4) is 0 Å². The largest absolute Gasteiger partial charge is 0.379 e. The van der Waals surface area contributed by atoms with Crippen LogP contribution in [0.4, 0.5) is 5.95 Å². The lowest BCUT2D eigenvalue weighted by Gasteiger charge is -2.26. The average molecular weight is 266 g/mol. The van der Waals surface area contributed by atoms with Crippen molar-refractivity contribution >= 4 is 5.95 Å². The first-order chi connectivity index (χ1) is 9.29. The van der Waals surface area contributed by atoms with Crippen LogP contribution < -0.4 is 5.32 Å². The molecule has 1 fully saturated rings. The van der Waals surface area contributed by atoms with Crippen LogP contribution in [0.3, 0.4) is 0 Å². The molecule has 1 aliphatic rings. The van der Waals surface area contributed by atoms with Crippen molar-refractivity contribution in [3.63, 3.8) is 0 Å². The van der Waals surface area contributed by atoms with Crippen molar-refractivity contribution in [1.82, 2.24) is 14.5 Å². The SMILES string of the molecule is CCCn1cc(C)nc1NCCCN1CCOCC1. The molecule has 0 saturated carbocycles. The summed E-state index contributed by atoms with van der Waals surface area (Å²) in [6, 6.07) is 0. The highest BCUT2D eigenvalue weighted by Crippen LogP contribution is 2.09. The van der Waals surface area contributed by atoms with Gasteiger partial charge in [-0.1, -0.05) is 6.92 Å². The summed E-state index contributed by atoms with van der Waals surface area (Å²) in [5.74, 6) is 1.02. The summed E-state index contributed by atoms with van der Waals surface area (Å²) in [6.07, 6.45) is 4.41. The second-order valence-corrected chi connectivity index (χ2v) is 5.13. The van der Waals surface area contributed by atoms with Crippen LogP contribution in [0.2, 0.25) is 0 Å². The van der Waals surface area contributed by atoms with E-state index in [1.165, 1.54) is 0 Å². The molecule has 1 aliphatic heterocycles. The molecule has 0 amide bonds. The van der Waals surface area contributed by atoms with E-state index >= 15 is 0 Å². The quantitative estimate of drug-likeness (QED) is 0.763. The van der Waals surface area contributed by atoms with Gasteiger partial charge in [0.05, 0.1) is 18.9 Å². The van der Waals surface area contributed by atoms with Crippen LogP contribution in [0, 0.1) is 6.92 Å². The Morgan fingerprint density at radius 3 is 2.84 bits per heavy atom. The van der Waals surface area contributed by atoms with E-state index in [2.05, 4.69) is 32.9 Å². The number of aryl methyl sites for hydroxylation is 2. The zero-order valence-electron chi connectivity index (χ0n) is 12.2. The lowest BCUT2D eigenvalue weighted by atomic mass is 10.3. The average Bonchev–Trinajstić information content (AvgIpc) is 2.77. The second-order valence-electron chi connectivity index (χ2n) is 5.13. The summed E-state index contributed by atoms with van der Waals surface area (Å²) < 4.78 is 7.56. The highest BCUT2D eigenvalue weighted by atomic mass is 16.5. The number of anilines is 1. The van der Waals surface area contributed by atoms with Crippen LogP contribution in [0.15, 0.2) is 6.20 Å². The van der Waals surface area contributed by atoms with Crippen molar-refractivity contribution < 1.29 is 4.74 Å². The summed E-state index contributed by atoms with van der Waals surface area (Å²) in [5.41, 5.74) is 1.09. The van der Waals surface area contributed by atoms with Gasteiger partial charge in [0, 0.05) is 32.4 Å². The van der Waals surface area contributed by atoms with E-state index in [0.717, 1.165) is 70.4 Å². The van der Waals surface area contributed by atoms with Crippen molar-refractivity contribution in [2.75, 3.05) is 44.7 Å². The minimum atomic E-state index is 0.882. The first-order valence-electron chi connectivity index (χ1n) is 7.37. The Bertz CT molecular complexity index is 372. The van der Waals surface area contributed by atoms with Gasteiger partial charge < -0.3 is 14.6 Å². The Balaban J connectivity index is 1.69. The van der Waals surface area contributed by atoms with Gasteiger partial charge in [0.15, 0.2) is 0 Å². The summed E-state index contributed by atoms with van der Waals surface area (Å²) in [5, 5.41) is 3.45. The highest BCUT2D eigenvalue weighted by molar-refractivity contribution is 5.28. The number of rotatable bonds is 7. The molecule has 2 heterocycles. The van der Waals surface area contributed by atoms with Crippen molar-refractivity contribution in [2.45, 2.75) is 33.2 Å². The zero-order valence-corrected chi connectivity index (χ0v) is 12.2. The molecule has 5 heteroatoms. The Hall–Kier alpha value is -1.07. The monoisotopic (exact) mass is 266 g/mol. The third kappa shape index (κ3) is 4.51. The maximum Gasteiger partial charge on any atom is 0.203 e. The number of nitrogens with zero attached hydrogens (tertiary/aromatic N) is 3. The molecule has 1 aromatic heterocycles. The molecule has 19 heavy (non-hydrogen) atoms. The van der Waals surface area contributed by atoms with Gasteiger partial charge in [0.2, 0.25) is 5.95 Å². The summed E-state index contributed by atoms with van der Waals surface area (Å²) in [6.45, 7) is 11.3. The normalized spacial score (nSPS) is 16.7. The molecule has 1 saturated heterocycles. The predicted molar refractivity (Wildman–Crippen MR) is 77.6 cm³/mol. The number of nitrogens with one attached hydrogen (secondary N) is 1. The third-order valence-corrected chi connectivity index (χ3v) is 3.40. The van der Waals surface area contributed by atoms with E-state index in [1.807, 2.05) is 6.92 Å². The molecule has 5 nitrogen and oxygen atoms in total. The highest BCUT2D eigenvalue weighted by Gasteiger charge is 2.09. The van der Waals surface area contributed by atoms with Crippen LogP contribution >= 0.6 is 0 Å². The van der Waals surface area contributed by atoms with E-state index in [9.17, 15) is 0 Å². The summed E-state index contributed by atoms with van der Waals surface area (Å²) in [4.78, 5) is 7.00. The molecule has 108 valence electrons. The molecule has 0 aromatic carbocycles. The van der Waals surface area contributed by atoms with Crippen molar-refractivity contribution in [1.29, 1.82) is 0 Å². The van der Waals surface area contributed by atoms with Crippen LogP contribution in [0.5, 0.6) is 0 Å². The molecule has 1 aromatic rings. The van der Waals surface area contributed by atoms with Crippen LogP contribution in [0.25, 0.3) is 0 Å². The molecule has 0 unspecified atom stereocenters. The van der Waals surface area contributed by atoms with Crippen LogP contribution in [0.1, 0.15) is 25.5 Å². The standard InChI is InChI=1S/C14H26N4O/c1-3-6-18-12-13(2)16-14(18)15-5-4-7-17-8-10-19-11-9-17/h12H,3-11H2,1-2H3,(H,15,16). The number of aromatic nitrogens is 2. The molecule has 0 bridgehead atoms. The Morgan fingerprint density at radius 2 is 2.11 bits per heavy atom. The number of imidazole rings is 1. The van der Waals surface area contributed by atoms with E-state index in [0.29, 0.717) is 0 Å². The van der Waals surface area contributed by atoms with Crippen molar-refractivity contribution in [3.05, 3.63) is 11.9 Å². The molecule has 0 atom stereocenters. The van der Waals surface area contributed by atoms with Gasteiger partial charge in [-0.3, -0.25) is 4.90 Å². The minimum Gasteiger partial charge on any atom is -0.379 e. The van der Waals surface area contributed by atoms with Gasteiger partial charge in [-0.25, -0.2) is 4.98 Å². The lowest BCUT2D eigenvalue weighted by molar-refractivity contribution is 0.0378.